The molecule has 11 fully saturated rings. The van der Waals surface area contributed by atoms with Crippen molar-refractivity contribution in [2.45, 2.75) is 340 Å². The average molecular weight is 1670 g/mol. The van der Waals surface area contributed by atoms with Crippen molar-refractivity contribution < 1.29 is 208 Å². The summed E-state index contributed by atoms with van der Waals surface area (Å²) in [6, 6.07) is 0. The maximum absolute atomic E-state index is 15.6. The smallest absolute Gasteiger partial charge is 0.360 e. The summed E-state index contributed by atoms with van der Waals surface area (Å²) in [5.41, 5.74) is -3.60. The van der Waals surface area contributed by atoms with Crippen LogP contribution in [0.25, 0.3) is 0 Å². The lowest BCUT2D eigenvalue weighted by molar-refractivity contribution is -0.548. The molecule has 662 valence electrons. The second-order valence-corrected chi connectivity index (χ2v) is 35.7. The number of aliphatic hydroxyl groups excluding tert-OH is 22. The van der Waals surface area contributed by atoms with E-state index in [1.807, 2.05) is 13.8 Å². The summed E-state index contributed by atoms with van der Waals surface area (Å²) in [6.45, 7) is 10.1. The van der Waals surface area contributed by atoms with Gasteiger partial charge in [-0.05, 0) is 116 Å². The summed E-state index contributed by atoms with van der Waals surface area (Å²) in [5.74, 6) is -20.8. The van der Waals surface area contributed by atoms with Gasteiger partial charge in [0.25, 0.3) is 0 Å². The molecule has 5 aliphatic carbocycles. The number of fused-ring (bicyclic) bond motifs is 7. The van der Waals surface area contributed by atoms with E-state index in [-0.39, 0.29) is 31.1 Å². The predicted molar refractivity (Wildman–Crippen MR) is 369 cm³/mol. The Bertz CT molecular complexity index is 3430. The van der Waals surface area contributed by atoms with Gasteiger partial charge in [0.1, 0.15) is 122 Å². The molecule has 0 bridgehead atoms. The Labute approximate surface area is 659 Å². The van der Waals surface area contributed by atoms with Crippen molar-refractivity contribution in [3.8, 4) is 0 Å². The molecule has 42 heteroatoms. The van der Waals surface area contributed by atoms with Crippen LogP contribution in [0.2, 0.25) is 0 Å². The van der Waals surface area contributed by atoms with E-state index in [0.29, 0.717) is 44.9 Å². The first-order valence-electron chi connectivity index (χ1n) is 39.1. The number of hydrogen-bond acceptors (Lipinski definition) is 42. The monoisotopic (exact) mass is 1670 g/mol. The zero-order valence-corrected chi connectivity index (χ0v) is 65.1. The number of hydrogen-bond donors (Lipinski definition) is 25. The Kier molecular flexibility index (Phi) is 26.0. The van der Waals surface area contributed by atoms with Crippen molar-refractivity contribution in [3.63, 3.8) is 0 Å². The van der Waals surface area contributed by atoms with Crippen molar-refractivity contribution in [2.75, 3.05) is 39.6 Å². The van der Waals surface area contributed by atoms with Gasteiger partial charge in [-0.1, -0.05) is 60.1 Å². The summed E-state index contributed by atoms with van der Waals surface area (Å²) in [7, 11) is 0. The molecule has 7 aliphatic heterocycles. The summed E-state index contributed by atoms with van der Waals surface area (Å²) >= 11 is 0. The van der Waals surface area contributed by atoms with Crippen LogP contribution >= 0.6 is 0 Å². The van der Waals surface area contributed by atoms with E-state index >= 15 is 4.79 Å². The molecule has 0 aromatic carbocycles. The third-order valence-corrected chi connectivity index (χ3v) is 28.1. The molecule has 0 spiro atoms. The van der Waals surface area contributed by atoms with Crippen LogP contribution in [0.3, 0.4) is 0 Å². The van der Waals surface area contributed by atoms with Gasteiger partial charge >= 0.3 is 35.8 Å². The topological polar surface area (TPSA) is 678 Å². The average Bonchev–Trinajstić information content (AvgIpc) is 0.673. The summed E-state index contributed by atoms with van der Waals surface area (Å²) in [5, 5.41) is 280. The molecule has 12 rings (SSSR count). The van der Waals surface area contributed by atoms with Gasteiger partial charge in [-0.25, -0.2) is 0 Å². The number of carbonyl (C=O) groups excluding carboxylic acids is 2. The largest absolute Gasteiger partial charge is 0.406 e. The standard InChI is InChI=1S/C73H118O42/c1-27-40(80)44(84)48(88)60(103-27)106-51-34(23-76)111-72(107-28(2)78,57(94)49(51)89)102-26-36-43(83)46(86)55(92)71(100,109-36)114-62(97)68-18-16-63(3,4)20-30(68)29-10-11-38-65(7)14-13-39(64(5,6)37(65)12-15-67(38,9)66(29,8)17-19-68)105-61-52(112-70(99)54(91)45(85)41(81)32(21-74)108-70)50(31(79)25-101-61)113-73(56(93)47(87)42(82)33(22-75)110-73)115-69(98)53(90)35(24-77)104-59(96)58(69)95/h10,27,30-61,74-77,79-96,98-100H,11-26H2,1-9H3/t27-,30+,31+,32?,33?,34?,35?,36?,37?,38?,39+,40-,41-,42-,43-,44+,45?,46?,47?,48+,49?,50?,51-,52+,53-,54+,55+,56+,57+,58-,59+,60?,61+,65+,66-,67-,68+,69?,70-,71-,72-,73+/m1/s1. The molecule has 14 unspecified atom stereocenters. The summed E-state index contributed by atoms with van der Waals surface area (Å²) < 4.78 is 87.4. The maximum atomic E-state index is 15.6. The number of aliphatic hydroxyl groups is 25. The lowest BCUT2D eigenvalue weighted by Crippen LogP contribution is -2.76. The van der Waals surface area contributed by atoms with Crippen molar-refractivity contribution in [1.29, 1.82) is 0 Å². The first-order chi connectivity index (χ1) is 53.4. The van der Waals surface area contributed by atoms with E-state index in [1.165, 1.54) is 6.92 Å². The van der Waals surface area contributed by atoms with Crippen LogP contribution in [0.15, 0.2) is 11.6 Å². The van der Waals surface area contributed by atoms with Gasteiger partial charge in [0, 0.05) is 6.92 Å². The summed E-state index contributed by atoms with van der Waals surface area (Å²) in [4.78, 5) is 28.3. The number of rotatable bonds is 20. The first kappa shape index (κ1) is 91.4. The lowest BCUT2D eigenvalue weighted by atomic mass is 9.33. The van der Waals surface area contributed by atoms with E-state index in [9.17, 15) is 132 Å². The fourth-order valence-corrected chi connectivity index (χ4v) is 21.1. The van der Waals surface area contributed by atoms with Crippen LogP contribution in [0.5, 0.6) is 0 Å². The molecule has 7 heterocycles. The number of allylic oxidation sites excluding steroid dienone is 2. The maximum Gasteiger partial charge on any atom is 0.360 e. The van der Waals surface area contributed by atoms with Gasteiger partial charge in [0.15, 0.2) is 49.4 Å². The van der Waals surface area contributed by atoms with Crippen molar-refractivity contribution in [1.82, 2.24) is 0 Å². The Morgan fingerprint density at radius 2 is 1.08 bits per heavy atom. The molecule has 7 saturated heterocycles. The van der Waals surface area contributed by atoms with Gasteiger partial charge in [0.2, 0.25) is 5.79 Å². The minimum atomic E-state index is -3.71. The number of ether oxygens (including phenoxy) is 15. The zero-order valence-electron chi connectivity index (χ0n) is 65.1. The first-order valence-corrected chi connectivity index (χ1v) is 39.1. The third kappa shape index (κ3) is 15.2. The molecule has 42 atom stereocenters. The van der Waals surface area contributed by atoms with Crippen molar-refractivity contribution >= 4 is 11.9 Å². The van der Waals surface area contributed by atoms with Gasteiger partial charge in [-0.15, -0.1) is 0 Å². The minimum Gasteiger partial charge on any atom is -0.406 e. The van der Waals surface area contributed by atoms with Crippen LogP contribution < -0.4 is 0 Å². The van der Waals surface area contributed by atoms with Gasteiger partial charge in [0.05, 0.1) is 57.3 Å². The normalized spacial score (nSPS) is 54.4. The quantitative estimate of drug-likeness (QED) is 0.0233. The Balaban J connectivity index is 0.803. The van der Waals surface area contributed by atoms with Crippen LogP contribution in [-0.4, -0.2) is 393 Å². The fourth-order valence-electron chi connectivity index (χ4n) is 21.1. The molecule has 115 heavy (non-hydrogen) atoms. The van der Waals surface area contributed by atoms with E-state index in [4.69, 9.17) is 71.1 Å². The molecule has 12 aliphatic rings. The van der Waals surface area contributed by atoms with Gasteiger partial charge < -0.3 is 194 Å². The highest BCUT2D eigenvalue weighted by molar-refractivity contribution is 5.79. The fraction of sp³-hybridized carbons (Fsp3) is 0.945. The second-order valence-electron chi connectivity index (χ2n) is 35.7. The summed E-state index contributed by atoms with van der Waals surface area (Å²) in [6.07, 6.45) is -58.6. The molecular weight excluding hydrogens is 1550 g/mol. The highest BCUT2D eigenvalue weighted by Crippen LogP contribution is 2.76. The van der Waals surface area contributed by atoms with Crippen molar-refractivity contribution in [2.24, 2.45) is 50.2 Å². The lowest BCUT2D eigenvalue weighted by Gasteiger charge is -2.71. The molecule has 0 aromatic heterocycles. The molecule has 0 aromatic rings. The van der Waals surface area contributed by atoms with Crippen LogP contribution in [0, 0.1) is 50.2 Å². The molecule has 25 N–H and O–H groups in total. The van der Waals surface area contributed by atoms with E-state index < -0.39 is 303 Å². The molecule has 0 radical (unpaired) electrons. The number of esters is 2. The van der Waals surface area contributed by atoms with Crippen LogP contribution in [0.4, 0.5) is 0 Å². The number of carbonyl (C=O) groups is 2. The Morgan fingerprint density at radius 3 is 1.70 bits per heavy atom. The van der Waals surface area contributed by atoms with Crippen LogP contribution in [-0.2, 0) is 80.6 Å². The predicted octanol–water partition coefficient (Wildman–Crippen LogP) is -9.73. The highest BCUT2D eigenvalue weighted by atomic mass is 16.9. The Hall–Kier alpha value is -2.84. The minimum absolute atomic E-state index is 0.114. The molecule has 42 nitrogen and oxygen atoms in total. The van der Waals surface area contributed by atoms with Gasteiger partial charge in [-0.3, -0.25) is 14.3 Å². The van der Waals surface area contributed by atoms with E-state index in [0.717, 1.165) is 12.5 Å². The molecule has 0 amide bonds. The third-order valence-electron chi connectivity index (χ3n) is 28.1. The zero-order chi connectivity index (χ0) is 84.9. The van der Waals surface area contributed by atoms with Gasteiger partial charge in [-0.2, -0.15) is 0 Å². The van der Waals surface area contributed by atoms with Crippen molar-refractivity contribution in [3.05, 3.63) is 11.6 Å². The van der Waals surface area contributed by atoms with E-state index in [2.05, 4.69) is 40.7 Å². The Morgan fingerprint density at radius 1 is 0.504 bits per heavy atom. The molecular formula is C73H118O42. The SMILES string of the molecule is CC(=O)O[C@@]1(OCC2O[C@@](O)(OC(=O)[C@]34CCC(C)(C)C[C@H]3C3=CCC5[C@@]6(C)CC[C@H](O[C@@H]7OC[C@H](O)C(O[C@@]8(OC9(O)[C@H](O)C(CO)O[C@H](O)[C@H]9O)OC(CO)[C@@H](O)C(O)[C@@H]8O)[C@@H]7O[C@]7(O)OC(CO)[C@@H](O)C(O)[C@@H]7O)C(C)(C)C6CC[C@@]5(C)[C@]3(C)CC4)[C@@H](O)C(O)[C@@H]2O)OC(CO)[C@@H](OC2O[C@H](C)[C@@H](O)[C@H](O)[C@@H]2O)C(O)[C@@H]1O. The highest BCUT2D eigenvalue weighted by Gasteiger charge is 2.74. The molecule has 4 saturated carbocycles. The van der Waals surface area contributed by atoms with E-state index in [1.54, 1.807) is 0 Å². The second kappa shape index (κ2) is 32.7. The van der Waals surface area contributed by atoms with Crippen LogP contribution in [0.1, 0.15) is 127 Å².